The predicted octanol–water partition coefficient (Wildman–Crippen LogP) is 3.85. The summed E-state index contributed by atoms with van der Waals surface area (Å²) in [4.78, 5) is 18.6. The maximum absolute atomic E-state index is 12.1. The number of alkyl halides is 1. The molecule has 1 fully saturated rings. The Morgan fingerprint density at radius 3 is 2.95 bits per heavy atom. The van der Waals surface area contributed by atoms with Gasteiger partial charge in [-0.05, 0) is 24.7 Å². The quantitative estimate of drug-likeness (QED) is 0.773. The maximum Gasteiger partial charge on any atom is 0.222 e. The van der Waals surface area contributed by atoms with Gasteiger partial charge in [0.2, 0.25) is 5.91 Å². The number of likely N-dealkylation sites (tertiary alicyclic amines) is 1. The summed E-state index contributed by atoms with van der Waals surface area (Å²) in [5.41, 5.74) is 1.26. The number of carbonyl (C=O) groups excluding carboxylic acids is 1. The van der Waals surface area contributed by atoms with Gasteiger partial charge in [0.05, 0.1) is 16.6 Å². The number of thiazole rings is 1. The summed E-state index contributed by atoms with van der Waals surface area (Å²) in [5.74, 6) is 0.798. The molecule has 0 aromatic carbocycles. The van der Waals surface area contributed by atoms with Gasteiger partial charge < -0.3 is 4.90 Å². The van der Waals surface area contributed by atoms with Crippen LogP contribution in [0.2, 0.25) is 0 Å². The minimum atomic E-state index is 0.301. The van der Waals surface area contributed by atoms with Crippen molar-refractivity contribution in [3.8, 4) is 0 Å². The third-order valence-corrected chi connectivity index (χ3v) is 5.21. The van der Waals surface area contributed by atoms with Crippen molar-refractivity contribution in [2.45, 2.75) is 51.8 Å². The zero-order chi connectivity index (χ0) is 14.6. The van der Waals surface area contributed by atoms with Gasteiger partial charge in [0.1, 0.15) is 0 Å². The molecule has 0 bridgehead atoms. The van der Waals surface area contributed by atoms with E-state index in [0.29, 0.717) is 23.6 Å². The van der Waals surface area contributed by atoms with E-state index in [9.17, 15) is 4.79 Å². The fourth-order valence-corrected chi connectivity index (χ4v) is 3.54. The number of carbonyl (C=O) groups is 1. The Morgan fingerprint density at radius 1 is 1.45 bits per heavy atom. The molecule has 2 heterocycles. The summed E-state index contributed by atoms with van der Waals surface area (Å²) in [6.07, 6.45) is 4.73. The largest absolute Gasteiger partial charge is 0.343 e. The number of rotatable bonds is 5. The Hall–Kier alpha value is -0.610. The molecule has 0 spiro atoms. The number of hydrogen-bond donors (Lipinski definition) is 0. The first kappa shape index (κ1) is 15.8. The van der Waals surface area contributed by atoms with Gasteiger partial charge in [-0.2, -0.15) is 0 Å². The summed E-state index contributed by atoms with van der Waals surface area (Å²) in [6, 6.07) is 0. The predicted molar refractivity (Wildman–Crippen MR) is 84.2 cm³/mol. The van der Waals surface area contributed by atoms with Gasteiger partial charge in [-0.25, -0.2) is 4.98 Å². The number of aryl methyl sites for hydroxylation is 1. The number of amides is 1. The van der Waals surface area contributed by atoms with Gasteiger partial charge in [-0.15, -0.1) is 22.9 Å². The molecule has 20 heavy (non-hydrogen) atoms. The number of halogens is 1. The van der Waals surface area contributed by atoms with E-state index < -0.39 is 0 Å². The van der Waals surface area contributed by atoms with Crippen molar-refractivity contribution in [2.75, 3.05) is 13.1 Å². The normalized spacial score (nSPS) is 19.1. The van der Waals surface area contributed by atoms with Gasteiger partial charge in [-0.3, -0.25) is 4.79 Å². The molecule has 0 N–H and O–H groups in total. The first-order valence-corrected chi connectivity index (χ1v) is 8.69. The van der Waals surface area contributed by atoms with Crippen molar-refractivity contribution < 1.29 is 4.79 Å². The second kappa shape index (κ2) is 6.90. The maximum atomic E-state index is 12.1. The average Bonchev–Trinajstić information content (AvgIpc) is 2.83. The molecule has 1 aromatic heterocycles. The van der Waals surface area contributed by atoms with E-state index in [1.165, 1.54) is 0 Å². The minimum Gasteiger partial charge on any atom is -0.343 e. The molecule has 0 aliphatic carbocycles. The van der Waals surface area contributed by atoms with Crippen LogP contribution in [0.4, 0.5) is 0 Å². The molecule has 112 valence electrons. The molecule has 5 heteroatoms. The molecule has 1 aromatic rings. The fourth-order valence-electron chi connectivity index (χ4n) is 2.47. The lowest BCUT2D eigenvalue weighted by Gasteiger charge is -2.23. The summed E-state index contributed by atoms with van der Waals surface area (Å²) in [6.45, 7) is 6.27. The van der Waals surface area contributed by atoms with E-state index in [1.54, 1.807) is 11.3 Å². The molecule has 0 saturated carbocycles. The van der Waals surface area contributed by atoms with Crippen LogP contribution < -0.4 is 0 Å². The molecule has 1 saturated heterocycles. The van der Waals surface area contributed by atoms with E-state index in [1.807, 2.05) is 10.3 Å². The molecule has 0 radical (unpaired) electrons. The van der Waals surface area contributed by atoms with Crippen LogP contribution in [0.15, 0.2) is 5.38 Å². The van der Waals surface area contributed by atoms with Crippen molar-refractivity contribution in [2.24, 2.45) is 5.41 Å². The van der Waals surface area contributed by atoms with Crippen molar-refractivity contribution in [3.63, 3.8) is 0 Å². The molecule has 2 rings (SSSR count). The first-order valence-electron chi connectivity index (χ1n) is 7.27. The molecular formula is C15H23ClN2OS. The Kier molecular flexibility index (Phi) is 5.44. The van der Waals surface area contributed by atoms with E-state index in [4.69, 9.17) is 11.6 Å². The molecule has 0 unspecified atom stereocenters. The van der Waals surface area contributed by atoms with Gasteiger partial charge >= 0.3 is 0 Å². The third-order valence-electron chi connectivity index (χ3n) is 3.98. The van der Waals surface area contributed by atoms with Crippen LogP contribution in [0.3, 0.4) is 0 Å². The molecule has 1 amide bonds. The molecular weight excluding hydrogens is 292 g/mol. The standard InChI is InChI=1S/C15H23ClN2OS/c1-15(2)6-5-14(19)18(9-7-15)8-3-4-13-17-12(10-16)11-20-13/h11H,3-10H2,1-2H3. The average molecular weight is 315 g/mol. The molecule has 3 nitrogen and oxygen atoms in total. The Balaban J connectivity index is 1.79. The first-order chi connectivity index (χ1) is 9.50. The van der Waals surface area contributed by atoms with Crippen molar-refractivity contribution in [3.05, 3.63) is 16.1 Å². The fraction of sp³-hybridized carbons (Fsp3) is 0.733. The van der Waals surface area contributed by atoms with Crippen LogP contribution in [-0.2, 0) is 17.1 Å². The lowest BCUT2D eigenvalue weighted by atomic mass is 9.85. The van der Waals surface area contributed by atoms with Gasteiger partial charge in [0.15, 0.2) is 0 Å². The highest BCUT2D eigenvalue weighted by Crippen LogP contribution is 2.30. The zero-order valence-corrected chi connectivity index (χ0v) is 13.9. The number of hydrogen-bond acceptors (Lipinski definition) is 3. The van der Waals surface area contributed by atoms with Crippen molar-refractivity contribution in [1.29, 1.82) is 0 Å². The van der Waals surface area contributed by atoms with Gasteiger partial charge in [0, 0.05) is 31.3 Å². The van der Waals surface area contributed by atoms with Gasteiger partial charge in [0.25, 0.3) is 0 Å². The van der Waals surface area contributed by atoms with Crippen LogP contribution in [-0.4, -0.2) is 28.9 Å². The van der Waals surface area contributed by atoms with Crippen LogP contribution in [0.25, 0.3) is 0 Å². The third kappa shape index (κ3) is 4.45. The highest BCUT2D eigenvalue weighted by atomic mass is 35.5. The Bertz CT molecular complexity index is 458. The van der Waals surface area contributed by atoms with E-state index in [2.05, 4.69) is 18.8 Å². The lowest BCUT2D eigenvalue weighted by Crippen LogP contribution is -2.31. The topological polar surface area (TPSA) is 33.2 Å². The van der Waals surface area contributed by atoms with Crippen molar-refractivity contribution >= 4 is 28.8 Å². The van der Waals surface area contributed by atoms with E-state index in [0.717, 1.165) is 49.5 Å². The SMILES string of the molecule is CC1(C)CCC(=O)N(CCCc2nc(CCl)cs2)CC1. The summed E-state index contributed by atoms with van der Waals surface area (Å²) >= 11 is 7.42. The summed E-state index contributed by atoms with van der Waals surface area (Å²) in [5, 5.41) is 3.14. The highest BCUT2D eigenvalue weighted by molar-refractivity contribution is 7.09. The molecule has 0 atom stereocenters. The number of nitrogens with zero attached hydrogens (tertiary/aromatic N) is 2. The summed E-state index contributed by atoms with van der Waals surface area (Å²) in [7, 11) is 0. The highest BCUT2D eigenvalue weighted by Gasteiger charge is 2.26. The summed E-state index contributed by atoms with van der Waals surface area (Å²) < 4.78 is 0. The van der Waals surface area contributed by atoms with Crippen LogP contribution >= 0.6 is 22.9 Å². The Labute approximate surface area is 130 Å². The lowest BCUT2D eigenvalue weighted by molar-refractivity contribution is -0.130. The van der Waals surface area contributed by atoms with E-state index in [-0.39, 0.29) is 0 Å². The monoisotopic (exact) mass is 314 g/mol. The second-order valence-electron chi connectivity index (χ2n) is 6.26. The van der Waals surface area contributed by atoms with Crippen molar-refractivity contribution in [1.82, 2.24) is 9.88 Å². The number of aromatic nitrogens is 1. The minimum absolute atomic E-state index is 0.301. The van der Waals surface area contributed by atoms with E-state index >= 15 is 0 Å². The molecule has 1 aliphatic heterocycles. The molecule has 1 aliphatic rings. The van der Waals surface area contributed by atoms with Gasteiger partial charge in [-0.1, -0.05) is 13.8 Å². The van der Waals surface area contributed by atoms with Crippen LogP contribution in [0.1, 0.15) is 50.2 Å². The zero-order valence-electron chi connectivity index (χ0n) is 12.3. The Morgan fingerprint density at radius 2 is 2.25 bits per heavy atom. The smallest absolute Gasteiger partial charge is 0.222 e. The van der Waals surface area contributed by atoms with Crippen LogP contribution in [0.5, 0.6) is 0 Å². The van der Waals surface area contributed by atoms with Crippen LogP contribution in [0, 0.1) is 5.41 Å². The second-order valence-corrected chi connectivity index (χ2v) is 7.47.